The van der Waals surface area contributed by atoms with E-state index in [2.05, 4.69) is 10.6 Å². The van der Waals surface area contributed by atoms with Crippen molar-refractivity contribution in [2.24, 2.45) is 0 Å². The number of nitrogens with one attached hydrogen (secondary N) is 2. The minimum Gasteiger partial charge on any atom is -0.493 e. The molecule has 0 unspecified atom stereocenters. The van der Waals surface area contributed by atoms with Gasteiger partial charge >= 0.3 is 6.03 Å². The highest BCUT2D eigenvalue weighted by Crippen LogP contribution is 2.27. The van der Waals surface area contributed by atoms with E-state index in [1.54, 1.807) is 14.2 Å². The van der Waals surface area contributed by atoms with Gasteiger partial charge in [0, 0.05) is 13.1 Å². The monoisotopic (exact) mass is 280 g/mol. The Bertz CT molecular complexity index is 422. The zero-order valence-corrected chi connectivity index (χ0v) is 12.5. The molecule has 2 N–H and O–H groups in total. The molecule has 0 heterocycles. The maximum atomic E-state index is 11.3. The van der Waals surface area contributed by atoms with E-state index < -0.39 is 0 Å². The van der Waals surface area contributed by atoms with E-state index in [4.69, 9.17) is 9.47 Å². The molecule has 2 amide bonds. The third kappa shape index (κ3) is 5.38. The lowest BCUT2D eigenvalue weighted by atomic mass is 10.1. The normalized spacial score (nSPS) is 9.95. The van der Waals surface area contributed by atoms with Crippen LogP contribution >= 0.6 is 0 Å². The molecule has 1 aromatic rings. The number of hydrogen-bond donors (Lipinski definition) is 2. The first kappa shape index (κ1) is 16.1. The summed E-state index contributed by atoms with van der Waals surface area (Å²) in [5.41, 5.74) is 1.17. The first-order valence-electron chi connectivity index (χ1n) is 6.93. The lowest BCUT2D eigenvalue weighted by Gasteiger charge is -2.10. The smallest absolute Gasteiger partial charge is 0.314 e. The number of amides is 2. The lowest BCUT2D eigenvalue weighted by Crippen LogP contribution is -2.36. The number of carbonyl (C=O) groups is 1. The fraction of sp³-hybridized carbons (Fsp3) is 0.533. The number of urea groups is 1. The molecular formula is C15H24N2O3. The Balaban J connectivity index is 2.33. The predicted octanol–water partition coefficient (Wildman–Crippen LogP) is 2.35. The number of hydrogen-bond acceptors (Lipinski definition) is 3. The molecular weight excluding hydrogens is 256 g/mol. The molecule has 20 heavy (non-hydrogen) atoms. The van der Waals surface area contributed by atoms with Crippen molar-refractivity contribution in [1.82, 2.24) is 10.6 Å². The summed E-state index contributed by atoms with van der Waals surface area (Å²) < 4.78 is 10.5. The Labute approximate surface area is 120 Å². The van der Waals surface area contributed by atoms with Gasteiger partial charge in [-0.3, -0.25) is 0 Å². The second-order valence-corrected chi connectivity index (χ2v) is 4.48. The Morgan fingerprint density at radius 2 is 1.80 bits per heavy atom. The Kier molecular flexibility index (Phi) is 7.32. The third-order valence-corrected chi connectivity index (χ3v) is 2.91. The van der Waals surface area contributed by atoms with Gasteiger partial charge in [0.05, 0.1) is 14.2 Å². The Morgan fingerprint density at radius 3 is 2.45 bits per heavy atom. The van der Waals surface area contributed by atoms with Crippen molar-refractivity contribution in [2.75, 3.05) is 27.3 Å². The fourth-order valence-corrected chi connectivity index (χ4v) is 1.83. The maximum Gasteiger partial charge on any atom is 0.314 e. The molecule has 0 bridgehead atoms. The SMILES string of the molecule is CCCNC(=O)NCCCc1ccc(OC)c(OC)c1. The summed E-state index contributed by atoms with van der Waals surface area (Å²) in [4.78, 5) is 11.3. The van der Waals surface area contributed by atoms with Crippen LogP contribution in [-0.4, -0.2) is 33.3 Å². The number of carbonyl (C=O) groups excluding carboxylic acids is 1. The van der Waals surface area contributed by atoms with Crippen molar-refractivity contribution in [1.29, 1.82) is 0 Å². The predicted molar refractivity (Wildman–Crippen MR) is 79.6 cm³/mol. The van der Waals surface area contributed by atoms with Gasteiger partial charge in [-0.25, -0.2) is 4.79 Å². The van der Waals surface area contributed by atoms with Gasteiger partial charge in [0.15, 0.2) is 11.5 Å². The van der Waals surface area contributed by atoms with Crippen LogP contribution in [0, 0.1) is 0 Å². The number of benzene rings is 1. The summed E-state index contributed by atoms with van der Waals surface area (Å²) >= 11 is 0. The van der Waals surface area contributed by atoms with E-state index in [9.17, 15) is 4.79 Å². The van der Waals surface area contributed by atoms with Crippen molar-refractivity contribution >= 4 is 6.03 Å². The Morgan fingerprint density at radius 1 is 1.10 bits per heavy atom. The minimum absolute atomic E-state index is 0.0980. The molecule has 0 radical (unpaired) electrons. The zero-order valence-electron chi connectivity index (χ0n) is 12.5. The molecule has 112 valence electrons. The van der Waals surface area contributed by atoms with Gasteiger partial charge in [0.25, 0.3) is 0 Å². The van der Waals surface area contributed by atoms with Gasteiger partial charge in [-0.1, -0.05) is 13.0 Å². The van der Waals surface area contributed by atoms with E-state index in [0.29, 0.717) is 13.1 Å². The molecule has 0 aliphatic rings. The highest BCUT2D eigenvalue weighted by atomic mass is 16.5. The second-order valence-electron chi connectivity index (χ2n) is 4.48. The highest BCUT2D eigenvalue weighted by molar-refractivity contribution is 5.73. The summed E-state index contributed by atoms with van der Waals surface area (Å²) in [5, 5.41) is 5.61. The van der Waals surface area contributed by atoms with Crippen LogP contribution in [0.25, 0.3) is 0 Å². The Hall–Kier alpha value is -1.91. The molecule has 5 heteroatoms. The molecule has 0 spiro atoms. The third-order valence-electron chi connectivity index (χ3n) is 2.91. The summed E-state index contributed by atoms with van der Waals surface area (Å²) in [6.07, 6.45) is 2.71. The van der Waals surface area contributed by atoms with Crippen LogP contribution in [0.2, 0.25) is 0 Å². The molecule has 0 fully saturated rings. The quantitative estimate of drug-likeness (QED) is 0.719. The van der Waals surface area contributed by atoms with Gasteiger partial charge in [0.1, 0.15) is 0 Å². The lowest BCUT2D eigenvalue weighted by molar-refractivity contribution is 0.241. The van der Waals surface area contributed by atoms with Crippen LogP contribution in [0.4, 0.5) is 4.79 Å². The van der Waals surface area contributed by atoms with Crippen LogP contribution in [0.3, 0.4) is 0 Å². The number of methoxy groups -OCH3 is 2. The van der Waals surface area contributed by atoms with Crippen molar-refractivity contribution in [2.45, 2.75) is 26.2 Å². The zero-order chi connectivity index (χ0) is 14.8. The molecule has 0 aliphatic carbocycles. The van der Waals surface area contributed by atoms with Gasteiger partial charge in [-0.2, -0.15) is 0 Å². The summed E-state index contributed by atoms with van der Waals surface area (Å²) in [6, 6.07) is 5.78. The van der Waals surface area contributed by atoms with Crippen molar-refractivity contribution < 1.29 is 14.3 Å². The molecule has 0 aromatic heterocycles. The van der Waals surface area contributed by atoms with Gasteiger partial charge < -0.3 is 20.1 Å². The minimum atomic E-state index is -0.0980. The first-order valence-corrected chi connectivity index (χ1v) is 6.93. The van der Waals surface area contributed by atoms with Crippen molar-refractivity contribution in [3.05, 3.63) is 23.8 Å². The fourth-order valence-electron chi connectivity index (χ4n) is 1.83. The van der Waals surface area contributed by atoms with Crippen LogP contribution in [0.5, 0.6) is 11.5 Å². The van der Waals surface area contributed by atoms with E-state index in [1.807, 2.05) is 25.1 Å². The van der Waals surface area contributed by atoms with Crippen LogP contribution in [-0.2, 0) is 6.42 Å². The van der Waals surface area contributed by atoms with E-state index >= 15 is 0 Å². The largest absolute Gasteiger partial charge is 0.493 e. The first-order chi connectivity index (χ1) is 9.71. The molecule has 1 rings (SSSR count). The highest BCUT2D eigenvalue weighted by Gasteiger charge is 2.04. The maximum absolute atomic E-state index is 11.3. The van der Waals surface area contributed by atoms with Crippen molar-refractivity contribution in [3.8, 4) is 11.5 Å². The van der Waals surface area contributed by atoms with Crippen LogP contribution in [0.1, 0.15) is 25.3 Å². The molecule has 0 aliphatic heterocycles. The molecule has 0 saturated heterocycles. The van der Waals surface area contributed by atoms with Gasteiger partial charge in [-0.05, 0) is 37.0 Å². The topological polar surface area (TPSA) is 59.6 Å². The van der Waals surface area contributed by atoms with Gasteiger partial charge in [-0.15, -0.1) is 0 Å². The number of rotatable bonds is 8. The molecule has 0 saturated carbocycles. The molecule has 1 aromatic carbocycles. The average molecular weight is 280 g/mol. The average Bonchev–Trinajstić information content (AvgIpc) is 2.49. The van der Waals surface area contributed by atoms with E-state index in [1.165, 1.54) is 5.56 Å². The second kappa shape index (κ2) is 9.07. The van der Waals surface area contributed by atoms with Crippen molar-refractivity contribution in [3.63, 3.8) is 0 Å². The summed E-state index contributed by atoms with van der Waals surface area (Å²) in [7, 11) is 3.25. The number of ether oxygens (including phenoxy) is 2. The van der Waals surface area contributed by atoms with E-state index in [-0.39, 0.29) is 6.03 Å². The number of aryl methyl sites for hydroxylation is 1. The van der Waals surface area contributed by atoms with Crippen LogP contribution < -0.4 is 20.1 Å². The molecule has 5 nitrogen and oxygen atoms in total. The summed E-state index contributed by atoms with van der Waals surface area (Å²) in [5.74, 6) is 1.46. The summed E-state index contributed by atoms with van der Waals surface area (Å²) in [6.45, 7) is 3.39. The van der Waals surface area contributed by atoms with E-state index in [0.717, 1.165) is 30.8 Å². The van der Waals surface area contributed by atoms with Crippen LogP contribution in [0.15, 0.2) is 18.2 Å². The molecule has 0 atom stereocenters. The van der Waals surface area contributed by atoms with Gasteiger partial charge in [0.2, 0.25) is 0 Å². The standard InChI is InChI=1S/C15H24N2O3/c1-4-9-16-15(18)17-10-5-6-12-7-8-13(19-2)14(11-12)20-3/h7-8,11H,4-6,9-10H2,1-3H3,(H2,16,17,18).